The molecule has 0 amide bonds. The van der Waals surface area contributed by atoms with Crippen molar-refractivity contribution < 1.29 is 9.13 Å². The van der Waals surface area contributed by atoms with Crippen LogP contribution in [0.15, 0.2) is 40.9 Å². The molecule has 0 aliphatic rings. The molecule has 0 bridgehead atoms. The van der Waals surface area contributed by atoms with E-state index >= 15 is 0 Å². The number of ether oxygens (including phenoxy) is 1. The maximum Gasteiger partial charge on any atom is 0.167 e. The van der Waals surface area contributed by atoms with Gasteiger partial charge in [-0.25, -0.2) is 4.39 Å². The molecule has 2 aromatic rings. The fourth-order valence-corrected chi connectivity index (χ4v) is 1.85. The minimum atomic E-state index is -0.481. The predicted molar refractivity (Wildman–Crippen MR) is 73.8 cm³/mol. The summed E-state index contributed by atoms with van der Waals surface area (Å²) in [5.41, 5.74) is 1.04. The first-order chi connectivity index (χ1) is 9.06. The first-order valence-electron chi connectivity index (χ1n) is 5.15. The average molecular weight is 344 g/mol. The minimum Gasteiger partial charge on any atom is -0.453 e. The molecule has 0 aliphatic heterocycles. The SMILES string of the molecule is Cc1ccc(Br)c(Oc2ccc(Cl)cc2F)c1.N#N. The largest absolute Gasteiger partial charge is 0.453 e. The second-order valence-corrected chi connectivity index (χ2v) is 4.90. The van der Waals surface area contributed by atoms with E-state index < -0.39 is 5.82 Å². The van der Waals surface area contributed by atoms with Gasteiger partial charge in [0.05, 0.1) is 4.47 Å². The normalized spacial score (nSPS) is 9.37. The number of hydrogen-bond acceptors (Lipinski definition) is 3. The summed E-state index contributed by atoms with van der Waals surface area (Å²) in [6, 6.07) is 9.95. The quantitative estimate of drug-likeness (QED) is 0.688. The molecule has 0 aliphatic carbocycles. The van der Waals surface area contributed by atoms with Gasteiger partial charge in [-0.3, -0.25) is 0 Å². The van der Waals surface area contributed by atoms with Crippen LogP contribution >= 0.6 is 27.5 Å². The number of rotatable bonds is 2. The van der Waals surface area contributed by atoms with E-state index in [0.717, 1.165) is 10.0 Å². The molecule has 0 N–H and O–H groups in total. The zero-order valence-corrected chi connectivity index (χ0v) is 12.2. The molecule has 0 atom stereocenters. The lowest BCUT2D eigenvalue weighted by Gasteiger charge is -2.09. The highest BCUT2D eigenvalue weighted by Crippen LogP contribution is 2.32. The van der Waals surface area contributed by atoms with Crippen LogP contribution in [0.1, 0.15) is 5.56 Å². The van der Waals surface area contributed by atoms with Crippen molar-refractivity contribution in [3.8, 4) is 11.5 Å². The number of aryl methyl sites for hydroxylation is 1. The lowest BCUT2D eigenvalue weighted by atomic mass is 10.2. The van der Waals surface area contributed by atoms with Gasteiger partial charge in [-0.1, -0.05) is 17.7 Å². The zero-order chi connectivity index (χ0) is 14.4. The molecule has 0 unspecified atom stereocenters. The standard InChI is InChI=1S/C13H9BrClFO.N2/c1-8-2-4-10(14)13(6-8)17-12-5-3-9(15)7-11(12)16;1-2/h2-7H,1H3;. The molecule has 98 valence electrons. The third kappa shape index (κ3) is 4.19. The van der Waals surface area contributed by atoms with Crippen LogP contribution in [0.25, 0.3) is 0 Å². The van der Waals surface area contributed by atoms with Crippen LogP contribution in [-0.2, 0) is 0 Å². The molecule has 0 radical (unpaired) electrons. The zero-order valence-electron chi connectivity index (χ0n) is 9.90. The van der Waals surface area contributed by atoms with Crippen LogP contribution in [0.5, 0.6) is 11.5 Å². The molecule has 19 heavy (non-hydrogen) atoms. The summed E-state index contributed by atoms with van der Waals surface area (Å²) >= 11 is 9.03. The van der Waals surface area contributed by atoms with Crippen LogP contribution in [0.4, 0.5) is 4.39 Å². The Morgan fingerprint density at radius 3 is 2.42 bits per heavy atom. The highest BCUT2D eigenvalue weighted by Gasteiger charge is 2.08. The lowest BCUT2D eigenvalue weighted by molar-refractivity contribution is 0.440. The molecule has 0 spiro atoms. The van der Waals surface area contributed by atoms with Gasteiger partial charge < -0.3 is 4.74 Å². The summed E-state index contributed by atoms with van der Waals surface area (Å²) in [5, 5.41) is 12.3. The van der Waals surface area contributed by atoms with Crippen LogP contribution in [0.2, 0.25) is 5.02 Å². The van der Waals surface area contributed by atoms with Gasteiger partial charge >= 0.3 is 0 Å². The molecule has 0 saturated heterocycles. The van der Waals surface area contributed by atoms with Crippen LogP contribution in [0.3, 0.4) is 0 Å². The topological polar surface area (TPSA) is 56.8 Å². The van der Waals surface area contributed by atoms with Gasteiger partial charge in [-0.15, -0.1) is 0 Å². The number of hydrogen-bond donors (Lipinski definition) is 0. The van der Waals surface area contributed by atoms with E-state index in [4.69, 9.17) is 27.1 Å². The average Bonchev–Trinajstić information content (AvgIpc) is 2.39. The summed E-state index contributed by atoms with van der Waals surface area (Å²) in [4.78, 5) is 0. The second kappa shape index (κ2) is 7.07. The van der Waals surface area contributed by atoms with Gasteiger partial charge in [-0.2, -0.15) is 0 Å². The van der Waals surface area contributed by atoms with Gasteiger partial charge in [-0.05, 0) is 58.7 Å². The van der Waals surface area contributed by atoms with E-state index in [2.05, 4.69) is 15.9 Å². The van der Waals surface area contributed by atoms with Crippen molar-refractivity contribution in [1.29, 1.82) is 10.8 Å². The maximum atomic E-state index is 13.5. The molecule has 2 rings (SSSR count). The molecular formula is C13H9BrClFN2O. The first kappa shape index (κ1) is 15.4. The monoisotopic (exact) mass is 342 g/mol. The summed E-state index contributed by atoms with van der Waals surface area (Å²) in [7, 11) is 0. The first-order valence-corrected chi connectivity index (χ1v) is 6.32. The number of halogens is 3. The van der Waals surface area contributed by atoms with Crippen molar-refractivity contribution in [3.63, 3.8) is 0 Å². The van der Waals surface area contributed by atoms with E-state index in [0.29, 0.717) is 10.8 Å². The van der Waals surface area contributed by atoms with Crippen LogP contribution < -0.4 is 4.74 Å². The fourth-order valence-electron chi connectivity index (χ4n) is 1.37. The Morgan fingerprint density at radius 2 is 1.79 bits per heavy atom. The van der Waals surface area contributed by atoms with E-state index in [-0.39, 0.29) is 5.75 Å². The Kier molecular flexibility index (Phi) is 5.74. The van der Waals surface area contributed by atoms with Crippen molar-refractivity contribution in [1.82, 2.24) is 0 Å². The molecule has 6 heteroatoms. The summed E-state index contributed by atoms with van der Waals surface area (Å²) in [5.74, 6) is 0.248. The smallest absolute Gasteiger partial charge is 0.167 e. The predicted octanol–water partition coefficient (Wildman–Crippen LogP) is 5.37. The van der Waals surface area contributed by atoms with Gasteiger partial charge in [0.2, 0.25) is 0 Å². The van der Waals surface area contributed by atoms with E-state index in [1.54, 1.807) is 6.07 Å². The molecule has 0 fully saturated rings. The Labute approximate surface area is 123 Å². The number of nitrogens with zero attached hydrogens (tertiary/aromatic N) is 2. The summed E-state index contributed by atoms with van der Waals surface area (Å²) in [6.45, 7) is 1.94. The molecule has 0 aromatic heterocycles. The molecule has 3 nitrogen and oxygen atoms in total. The molecule has 0 saturated carbocycles. The Bertz CT molecular complexity index is 604. The van der Waals surface area contributed by atoms with Crippen molar-refractivity contribution in [2.75, 3.05) is 0 Å². The highest BCUT2D eigenvalue weighted by molar-refractivity contribution is 9.10. The number of benzene rings is 2. The van der Waals surface area contributed by atoms with Gasteiger partial charge in [0, 0.05) is 15.8 Å². The third-order valence-corrected chi connectivity index (χ3v) is 3.09. The van der Waals surface area contributed by atoms with Crippen LogP contribution in [-0.4, -0.2) is 0 Å². The highest BCUT2D eigenvalue weighted by atomic mass is 79.9. The summed E-state index contributed by atoms with van der Waals surface area (Å²) in [6.07, 6.45) is 0. The molecule has 0 heterocycles. The van der Waals surface area contributed by atoms with Gasteiger partial charge in [0.15, 0.2) is 11.6 Å². The minimum absolute atomic E-state index is 0.153. The second-order valence-electron chi connectivity index (χ2n) is 3.61. The third-order valence-electron chi connectivity index (χ3n) is 2.20. The van der Waals surface area contributed by atoms with Gasteiger partial charge in [0.25, 0.3) is 0 Å². The summed E-state index contributed by atoms with van der Waals surface area (Å²) < 4.78 is 19.8. The Morgan fingerprint density at radius 1 is 1.11 bits per heavy atom. The van der Waals surface area contributed by atoms with Crippen LogP contribution in [0, 0.1) is 23.5 Å². The van der Waals surface area contributed by atoms with E-state index in [1.807, 2.05) is 25.1 Å². The molecule has 2 aromatic carbocycles. The fraction of sp³-hybridized carbons (Fsp3) is 0.0769. The molecular weight excluding hydrogens is 335 g/mol. The van der Waals surface area contributed by atoms with Crippen molar-refractivity contribution in [2.45, 2.75) is 6.92 Å². The Balaban J connectivity index is 0.000000861. The Hall–Kier alpha value is -1.64. The van der Waals surface area contributed by atoms with Crippen molar-refractivity contribution in [2.24, 2.45) is 0 Å². The van der Waals surface area contributed by atoms with E-state index in [1.165, 1.54) is 12.1 Å². The lowest BCUT2D eigenvalue weighted by Crippen LogP contribution is -1.89. The maximum absolute atomic E-state index is 13.5. The van der Waals surface area contributed by atoms with Crippen molar-refractivity contribution >= 4 is 27.5 Å². The van der Waals surface area contributed by atoms with Gasteiger partial charge in [0.1, 0.15) is 5.75 Å². The van der Waals surface area contributed by atoms with Crippen molar-refractivity contribution in [3.05, 3.63) is 57.3 Å². The van der Waals surface area contributed by atoms with E-state index in [9.17, 15) is 4.39 Å².